The number of rotatable bonds is 5. The Balaban J connectivity index is 0.00000196. The summed E-state index contributed by atoms with van der Waals surface area (Å²) in [5.74, 6) is -0.189. The zero-order valence-electron chi connectivity index (χ0n) is 8.33. The molecule has 88 valence electrons. The maximum absolute atomic E-state index is 10.4. The molecule has 0 unspecified atom stereocenters. The molecule has 1 aliphatic rings. The van der Waals surface area contributed by atoms with E-state index in [1.165, 1.54) is 0 Å². The van der Waals surface area contributed by atoms with Crippen molar-refractivity contribution in [3.05, 3.63) is 25.2 Å². The first-order valence-electron chi connectivity index (χ1n) is 4.27. The lowest BCUT2D eigenvalue weighted by atomic mass is 10.4. The Morgan fingerprint density at radius 1 is 1.47 bits per heavy atom. The van der Waals surface area contributed by atoms with E-state index in [-0.39, 0.29) is 19.2 Å². The molecule has 0 saturated carbocycles. The second-order valence-electron chi connectivity index (χ2n) is 3.09. The summed E-state index contributed by atoms with van der Waals surface area (Å²) < 4.78 is 29.3. The van der Waals surface area contributed by atoms with E-state index in [4.69, 9.17) is 4.55 Å². The lowest BCUT2D eigenvalue weighted by molar-refractivity contribution is 0.314. The summed E-state index contributed by atoms with van der Waals surface area (Å²) in [5.41, 5.74) is 0. The standard InChI is InChI=1S/C8H14N2O3S.H2S/c1-2-9-5-6-10(8-9)4-3-7-14(11,12)13;/h2,5-6H,1,3-4,7-8H2,(H,11,12,13);1H2. The zero-order valence-corrected chi connectivity index (χ0v) is 10.2. The molecule has 1 aliphatic heterocycles. The average Bonchev–Trinajstić information content (AvgIpc) is 2.50. The summed E-state index contributed by atoms with van der Waals surface area (Å²) in [6.45, 7) is 4.91. The van der Waals surface area contributed by atoms with Crippen LogP contribution in [-0.4, -0.2) is 41.7 Å². The first kappa shape index (κ1) is 14.3. The lowest BCUT2D eigenvalue weighted by Gasteiger charge is -2.17. The third-order valence-electron chi connectivity index (χ3n) is 1.90. The summed E-state index contributed by atoms with van der Waals surface area (Å²) >= 11 is 0. The van der Waals surface area contributed by atoms with Crippen LogP contribution >= 0.6 is 13.5 Å². The topological polar surface area (TPSA) is 60.9 Å². The third-order valence-corrected chi connectivity index (χ3v) is 2.70. The van der Waals surface area contributed by atoms with Gasteiger partial charge >= 0.3 is 0 Å². The highest BCUT2D eigenvalue weighted by molar-refractivity contribution is 7.85. The summed E-state index contributed by atoms with van der Waals surface area (Å²) in [7, 11) is -3.82. The molecule has 0 aliphatic carbocycles. The minimum absolute atomic E-state index is 0. The van der Waals surface area contributed by atoms with Crippen molar-refractivity contribution in [2.45, 2.75) is 6.42 Å². The van der Waals surface area contributed by atoms with E-state index in [0.717, 1.165) is 0 Å². The minimum atomic E-state index is -3.82. The molecule has 0 amide bonds. The molecule has 0 atom stereocenters. The molecule has 15 heavy (non-hydrogen) atoms. The Kier molecular flexibility index (Phi) is 5.77. The van der Waals surface area contributed by atoms with Gasteiger partial charge in [0.1, 0.15) is 0 Å². The molecular formula is C8H16N2O3S2. The van der Waals surface area contributed by atoms with Gasteiger partial charge in [0.2, 0.25) is 0 Å². The molecule has 0 saturated heterocycles. The maximum Gasteiger partial charge on any atom is 0.264 e. The van der Waals surface area contributed by atoms with Crippen LogP contribution < -0.4 is 0 Å². The first-order chi connectivity index (χ1) is 6.51. The fourth-order valence-corrected chi connectivity index (χ4v) is 1.69. The second kappa shape index (κ2) is 6.04. The van der Waals surface area contributed by atoms with Crippen LogP contribution in [0.25, 0.3) is 0 Å². The Bertz CT molecular complexity index is 327. The average molecular weight is 252 g/mol. The number of hydrogen-bond acceptors (Lipinski definition) is 4. The maximum atomic E-state index is 10.4. The summed E-state index contributed by atoms with van der Waals surface area (Å²) in [4.78, 5) is 3.83. The van der Waals surface area contributed by atoms with Crippen molar-refractivity contribution < 1.29 is 13.0 Å². The van der Waals surface area contributed by atoms with E-state index < -0.39 is 10.1 Å². The van der Waals surface area contributed by atoms with Crippen LogP contribution in [0.2, 0.25) is 0 Å². The van der Waals surface area contributed by atoms with Gasteiger partial charge in [-0.1, -0.05) is 6.58 Å². The van der Waals surface area contributed by atoms with E-state index >= 15 is 0 Å². The lowest BCUT2D eigenvalue weighted by Crippen LogP contribution is -2.24. The number of nitrogens with zero attached hydrogens (tertiary/aromatic N) is 2. The molecule has 0 aromatic carbocycles. The molecule has 1 rings (SSSR count). The molecule has 0 fully saturated rings. The fraction of sp³-hybridized carbons (Fsp3) is 0.500. The largest absolute Gasteiger partial charge is 0.358 e. The Labute approximate surface area is 97.2 Å². The van der Waals surface area contributed by atoms with Gasteiger partial charge in [-0.2, -0.15) is 21.9 Å². The molecule has 0 aromatic heterocycles. The molecule has 0 bridgehead atoms. The molecule has 0 aromatic rings. The smallest absolute Gasteiger partial charge is 0.264 e. The van der Waals surface area contributed by atoms with Crippen molar-refractivity contribution in [2.24, 2.45) is 0 Å². The van der Waals surface area contributed by atoms with E-state index in [1.54, 1.807) is 6.20 Å². The third kappa shape index (κ3) is 5.71. The zero-order chi connectivity index (χ0) is 10.6. The molecule has 0 spiro atoms. The van der Waals surface area contributed by atoms with E-state index in [9.17, 15) is 8.42 Å². The Hall–Kier alpha value is -0.660. The molecular weight excluding hydrogens is 236 g/mol. The van der Waals surface area contributed by atoms with Crippen LogP contribution in [0.3, 0.4) is 0 Å². The van der Waals surface area contributed by atoms with Gasteiger partial charge in [0, 0.05) is 18.9 Å². The van der Waals surface area contributed by atoms with Crippen LogP contribution in [0, 0.1) is 0 Å². The van der Waals surface area contributed by atoms with E-state index in [0.29, 0.717) is 19.6 Å². The van der Waals surface area contributed by atoms with E-state index in [2.05, 4.69) is 6.58 Å². The number of hydrogen-bond donors (Lipinski definition) is 1. The van der Waals surface area contributed by atoms with Gasteiger partial charge in [0.05, 0.1) is 12.4 Å². The SMILES string of the molecule is C=CN1C=CN(CCCS(=O)(=O)O)C1.S. The highest BCUT2D eigenvalue weighted by Crippen LogP contribution is 2.06. The van der Waals surface area contributed by atoms with Crippen molar-refractivity contribution in [3.8, 4) is 0 Å². The van der Waals surface area contributed by atoms with E-state index in [1.807, 2.05) is 22.2 Å². The summed E-state index contributed by atoms with van der Waals surface area (Å²) in [6, 6.07) is 0. The van der Waals surface area contributed by atoms with Gasteiger partial charge < -0.3 is 9.80 Å². The highest BCUT2D eigenvalue weighted by Gasteiger charge is 2.10. The van der Waals surface area contributed by atoms with Gasteiger partial charge in [-0.05, 0) is 12.6 Å². The predicted octanol–water partition coefficient (Wildman–Crippen LogP) is 0.567. The molecule has 5 nitrogen and oxygen atoms in total. The van der Waals surface area contributed by atoms with Crippen LogP contribution in [-0.2, 0) is 10.1 Å². The van der Waals surface area contributed by atoms with Crippen molar-refractivity contribution in [3.63, 3.8) is 0 Å². The van der Waals surface area contributed by atoms with Gasteiger partial charge in [-0.25, -0.2) is 0 Å². The first-order valence-corrected chi connectivity index (χ1v) is 5.88. The van der Waals surface area contributed by atoms with Crippen LogP contribution in [0.4, 0.5) is 0 Å². The molecule has 0 radical (unpaired) electrons. The monoisotopic (exact) mass is 252 g/mol. The summed E-state index contributed by atoms with van der Waals surface area (Å²) in [5, 5.41) is 0. The van der Waals surface area contributed by atoms with Crippen LogP contribution in [0.15, 0.2) is 25.2 Å². The van der Waals surface area contributed by atoms with Crippen LogP contribution in [0.5, 0.6) is 0 Å². The fourth-order valence-electron chi connectivity index (χ4n) is 1.20. The Morgan fingerprint density at radius 2 is 2.13 bits per heavy atom. The second-order valence-corrected chi connectivity index (χ2v) is 4.66. The van der Waals surface area contributed by atoms with Crippen LogP contribution in [0.1, 0.15) is 6.42 Å². The van der Waals surface area contributed by atoms with Gasteiger partial charge in [-0.15, -0.1) is 0 Å². The minimum Gasteiger partial charge on any atom is -0.358 e. The molecule has 1 N–H and O–H groups in total. The van der Waals surface area contributed by atoms with Gasteiger partial charge in [0.15, 0.2) is 0 Å². The van der Waals surface area contributed by atoms with Gasteiger partial charge in [-0.3, -0.25) is 4.55 Å². The van der Waals surface area contributed by atoms with Crippen molar-refractivity contribution in [2.75, 3.05) is 19.0 Å². The quantitative estimate of drug-likeness (QED) is 0.725. The Morgan fingerprint density at radius 3 is 2.60 bits per heavy atom. The predicted molar refractivity (Wildman–Crippen MR) is 64.2 cm³/mol. The summed E-state index contributed by atoms with van der Waals surface area (Å²) in [6.07, 6.45) is 5.85. The van der Waals surface area contributed by atoms with Crippen molar-refractivity contribution in [1.82, 2.24) is 9.80 Å². The molecule has 1 heterocycles. The van der Waals surface area contributed by atoms with Crippen molar-refractivity contribution in [1.29, 1.82) is 0 Å². The molecule has 7 heteroatoms. The normalized spacial score (nSPS) is 15.3. The van der Waals surface area contributed by atoms with Crippen molar-refractivity contribution >= 4 is 23.6 Å². The highest BCUT2D eigenvalue weighted by atomic mass is 32.2. The van der Waals surface area contributed by atoms with Gasteiger partial charge in [0.25, 0.3) is 10.1 Å².